The van der Waals surface area contributed by atoms with E-state index in [0.717, 1.165) is 63.2 Å². The van der Waals surface area contributed by atoms with Gasteiger partial charge < -0.3 is 42.6 Å². The van der Waals surface area contributed by atoms with Gasteiger partial charge in [-0.25, -0.2) is 14.4 Å². The number of rotatable bonds is 22. The lowest BCUT2D eigenvalue weighted by molar-refractivity contribution is 0.0411. The molecule has 12 nitrogen and oxygen atoms in total. The van der Waals surface area contributed by atoms with Crippen molar-refractivity contribution in [1.82, 2.24) is 0 Å². The summed E-state index contributed by atoms with van der Waals surface area (Å²) in [5, 5.41) is 0. The standard InChI is InChI=1S/C29H46O12/c1-2-20(8-5-11-34-15-23-18-37-28(31)40-23)25-13-26(25)21(9-6-12-35-16-24-19-38-29(32)41-24)7-3-4-10-33-14-22-17-36-27(30)39-22/h20-26H,2-19H2,1H3. The average molecular weight is 587 g/mol. The molecule has 1 saturated carbocycles. The zero-order valence-corrected chi connectivity index (χ0v) is 24.2. The molecule has 41 heavy (non-hydrogen) atoms. The number of cyclic esters (lactones) is 6. The Morgan fingerprint density at radius 3 is 1.46 bits per heavy atom. The van der Waals surface area contributed by atoms with E-state index in [0.29, 0.717) is 51.5 Å². The lowest BCUT2D eigenvalue weighted by Gasteiger charge is -2.21. The Labute approximate surface area is 241 Å². The molecule has 4 rings (SSSR count). The van der Waals surface area contributed by atoms with Crippen LogP contribution in [0.5, 0.6) is 0 Å². The van der Waals surface area contributed by atoms with Crippen molar-refractivity contribution in [2.45, 2.75) is 83.0 Å². The third kappa shape index (κ3) is 11.1. The molecule has 12 heteroatoms. The van der Waals surface area contributed by atoms with Crippen molar-refractivity contribution < 1.29 is 57.0 Å². The Morgan fingerprint density at radius 2 is 1.02 bits per heavy atom. The summed E-state index contributed by atoms with van der Waals surface area (Å²) in [5.41, 5.74) is 0. The summed E-state index contributed by atoms with van der Waals surface area (Å²) in [6.45, 7) is 6.15. The third-order valence-corrected chi connectivity index (χ3v) is 8.33. The summed E-state index contributed by atoms with van der Waals surface area (Å²) in [4.78, 5) is 33.1. The fourth-order valence-electron chi connectivity index (χ4n) is 6.11. The minimum Gasteiger partial charge on any atom is -0.430 e. The van der Waals surface area contributed by atoms with Gasteiger partial charge in [0.2, 0.25) is 0 Å². The lowest BCUT2D eigenvalue weighted by Crippen LogP contribution is -2.19. The van der Waals surface area contributed by atoms with E-state index in [1.165, 1.54) is 6.42 Å². The number of hydrogen-bond acceptors (Lipinski definition) is 12. The fourth-order valence-corrected chi connectivity index (χ4v) is 6.11. The number of ether oxygens (including phenoxy) is 9. The molecule has 0 amide bonds. The van der Waals surface area contributed by atoms with Crippen LogP contribution in [0.1, 0.15) is 64.7 Å². The second-order valence-corrected chi connectivity index (χ2v) is 11.4. The van der Waals surface area contributed by atoms with E-state index in [1.54, 1.807) is 0 Å². The van der Waals surface area contributed by atoms with E-state index in [2.05, 4.69) is 6.92 Å². The van der Waals surface area contributed by atoms with Crippen molar-refractivity contribution in [3.8, 4) is 0 Å². The summed E-state index contributed by atoms with van der Waals surface area (Å²) in [6, 6.07) is 0. The summed E-state index contributed by atoms with van der Waals surface area (Å²) >= 11 is 0. The zero-order valence-electron chi connectivity index (χ0n) is 24.2. The van der Waals surface area contributed by atoms with Gasteiger partial charge in [0.05, 0.1) is 19.8 Å². The molecular weight excluding hydrogens is 540 g/mol. The highest BCUT2D eigenvalue weighted by molar-refractivity contribution is 5.62. The van der Waals surface area contributed by atoms with Gasteiger partial charge in [-0.15, -0.1) is 0 Å². The number of hydrogen-bond donors (Lipinski definition) is 0. The fraction of sp³-hybridized carbons (Fsp3) is 0.897. The Morgan fingerprint density at radius 1 is 0.610 bits per heavy atom. The maximum atomic E-state index is 11.1. The van der Waals surface area contributed by atoms with Crippen LogP contribution >= 0.6 is 0 Å². The summed E-state index contributed by atoms with van der Waals surface area (Å²) in [7, 11) is 0. The first-order valence-electron chi connectivity index (χ1n) is 15.2. The van der Waals surface area contributed by atoms with E-state index >= 15 is 0 Å². The van der Waals surface area contributed by atoms with Crippen LogP contribution in [0.15, 0.2) is 0 Å². The van der Waals surface area contributed by atoms with Crippen LogP contribution in [0.3, 0.4) is 0 Å². The number of unbranched alkanes of at least 4 members (excludes halogenated alkanes) is 1. The molecule has 7 atom stereocenters. The first kappa shape index (κ1) is 31.6. The van der Waals surface area contributed by atoms with Gasteiger partial charge in [0.1, 0.15) is 19.8 Å². The van der Waals surface area contributed by atoms with Gasteiger partial charge in [0.25, 0.3) is 0 Å². The predicted molar refractivity (Wildman–Crippen MR) is 142 cm³/mol. The summed E-state index contributed by atoms with van der Waals surface area (Å²) in [5.74, 6) is 2.81. The molecule has 0 bridgehead atoms. The first-order chi connectivity index (χ1) is 20.0. The van der Waals surface area contributed by atoms with Gasteiger partial charge in [-0.3, -0.25) is 0 Å². The minimum absolute atomic E-state index is 0.259. The van der Waals surface area contributed by atoms with Crippen LogP contribution in [0.25, 0.3) is 0 Å². The molecule has 0 radical (unpaired) electrons. The zero-order chi connectivity index (χ0) is 28.9. The molecule has 0 spiro atoms. The van der Waals surface area contributed by atoms with Gasteiger partial charge in [0, 0.05) is 19.8 Å². The smallest absolute Gasteiger partial charge is 0.430 e. The summed E-state index contributed by atoms with van der Waals surface area (Å²) in [6.07, 6.45) is 7.12. The monoisotopic (exact) mass is 586 g/mol. The molecule has 4 fully saturated rings. The van der Waals surface area contributed by atoms with Crippen LogP contribution in [-0.4, -0.2) is 96.2 Å². The van der Waals surface area contributed by atoms with E-state index < -0.39 is 18.5 Å². The molecule has 0 aromatic heterocycles. The highest BCUT2D eigenvalue weighted by Gasteiger charge is 2.45. The Kier molecular flexibility index (Phi) is 13.1. The maximum Gasteiger partial charge on any atom is 0.508 e. The van der Waals surface area contributed by atoms with Gasteiger partial charge in [-0.2, -0.15) is 0 Å². The molecule has 0 N–H and O–H groups in total. The van der Waals surface area contributed by atoms with Gasteiger partial charge in [-0.05, 0) is 62.2 Å². The van der Waals surface area contributed by atoms with Gasteiger partial charge in [-0.1, -0.05) is 26.2 Å². The Hall–Kier alpha value is -2.31. The molecule has 234 valence electrons. The second-order valence-electron chi connectivity index (χ2n) is 11.4. The van der Waals surface area contributed by atoms with Crippen LogP contribution in [0, 0.1) is 23.7 Å². The predicted octanol–water partition coefficient (Wildman–Crippen LogP) is 4.65. The molecular formula is C29H46O12. The van der Waals surface area contributed by atoms with Crippen molar-refractivity contribution in [3.05, 3.63) is 0 Å². The Balaban J connectivity index is 1.12. The van der Waals surface area contributed by atoms with E-state index in [4.69, 9.17) is 42.6 Å². The second kappa shape index (κ2) is 17.0. The van der Waals surface area contributed by atoms with Crippen molar-refractivity contribution >= 4 is 18.5 Å². The normalized spacial score (nSPS) is 28.3. The molecule has 3 aliphatic heterocycles. The largest absolute Gasteiger partial charge is 0.508 e. The quantitative estimate of drug-likeness (QED) is 0.0992. The van der Waals surface area contributed by atoms with Crippen molar-refractivity contribution in [3.63, 3.8) is 0 Å². The van der Waals surface area contributed by atoms with Crippen LogP contribution in [-0.2, 0) is 42.6 Å². The van der Waals surface area contributed by atoms with Crippen molar-refractivity contribution in [1.29, 1.82) is 0 Å². The molecule has 7 unspecified atom stereocenters. The SMILES string of the molecule is CCC(CCCOCC1COC(=O)O1)C1CC1C(CCCCOCC1COC(=O)O1)CCCOCC1COC(=O)O1. The minimum atomic E-state index is -0.619. The highest BCUT2D eigenvalue weighted by atomic mass is 16.8. The van der Waals surface area contributed by atoms with Crippen molar-refractivity contribution in [2.24, 2.45) is 23.7 Å². The van der Waals surface area contributed by atoms with Gasteiger partial charge >= 0.3 is 18.5 Å². The maximum absolute atomic E-state index is 11.1. The molecule has 0 aromatic carbocycles. The molecule has 0 aromatic rings. The molecule has 3 saturated heterocycles. The number of carbonyl (C=O) groups is 3. The molecule has 3 heterocycles. The van der Waals surface area contributed by atoms with Crippen LogP contribution in [0.4, 0.5) is 14.4 Å². The first-order valence-corrected chi connectivity index (χ1v) is 15.2. The van der Waals surface area contributed by atoms with E-state index in [1.807, 2.05) is 0 Å². The van der Waals surface area contributed by atoms with E-state index in [9.17, 15) is 14.4 Å². The molecule has 1 aliphatic carbocycles. The van der Waals surface area contributed by atoms with Crippen molar-refractivity contribution in [2.75, 3.05) is 59.5 Å². The van der Waals surface area contributed by atoms with Crippen LogP contribution in [0.2, 0.25) is 0 Å². The Bertz CT molecular complexity index is 822. The summed E-state index contributed by atoms with van der Waals surface area (Å²) < 4.78 is 46.6. The lowest BCUT2D eigenvalue weighted by atomic mass is 9.86. The topological polar surface area (TPSA) is 134 Å². The third-order valence-electron chi connectivity index (χ3n) is 8.33. The number of carbonyl (C=O) groups excluding carboxylic acids is 3. The molecule has 4 aliphatic rings. The van der Waals surface area contributed by atoms with Crippen LogP contribution < -0.4 is 0 Å². The highest BCUT2D eigenvalue weighted by Crippen LogP contribution is 2.53. The average Bonchev–Trinajstić information content (AvgIpc) is 3.19. The van der Waals surface area contributed by atoms with E-state index in [-0.39, 0.29) is 38.1 Å². The van der Waals surface area contributed by atoms with Gasteiger partial charge in [0.15, 0.2) is 18.3 Å².